The standard InChI is InChI=1S/C20H19N3O5/c1-3-28-17-7-5-4-6-16(17)22-18(24)15-12-21-20(26)23(19(15)25)13-8-10-14(27-2)11-9-13/h4-12H,3H2,1-2H3,(H,21,26)(H,22,24). The van der Waals surface area contributed by atoms with Crippen molar-refractivity contribution in [3.05, 3.63) is 81.1 Å². The minimum absolute atomic E-state index is 0.207. The van der Waals surface area contributed by atoms with Crippen LogP contribution in [-0.2, 0) is 0 Å². The molecular formula is C20H19N3O5. The molecule has 0 aliphatic rings. The molecule has 0 saturated carbocycles. The number of aromatic amines is 1. The zero-order chi connectivity index (χ0) is 20.1. The fourth-order valence-corrected chi connectivity index (χ4v) is 2.64. The van der Waals surface area contributed by atoms with E-state index in [1.54, 1.807) is 48.5 Å². The number of amides is 1. The van der Waals surface area contributed by atoms with Crippen molar-refractivity contribution in [2.75, 3.05) is 19.0 Å². The number of hydrogen-bond donors (Lipinski definition) is 2. The first-order chi connectivity index (χ1) is 13.5. The summed E-state index contributed by atoms with van der Waals surface area (Å²) in [5.74, 6) is 0.406. The van der Waals surface area contributed by atoms with Gasteiger partial charge in [-0.1, -0.05) is 12.1 Å². The number of benzene rings is 2. The van der Waals surface area contributed by atoms with E-state index in [2.05, 4.69) is 10.3 Å². The van der Waals surface area contributed by atoms with E-state index < -0.39 is 17.2 Å². The second kappa shape index (κ2) is 8.26. The zero-order valence-corrected chi connectivity index (χ0v) is 15.4. The second-order valence-corrected chi connectivity index (χ2v) is 5.73. The SMILES string of the molecule is CCOc1ccccc1NC(=O)c1c[nH]c(=O)n(-c2ccc(OC)cc2)c1=O. The fourth-order valence-electron chi connectivity index (χ4n) is 2.64. The number of carbonyl (C=O) groups is 1. The van der Waals surface area contributed by atoms with Gasteiger partial charge in [-0.15, -0.1) is 0 Å². The van der Waals surface area contributed by atoms with E-state index in [9.17, 15) is 14.4 Å². The quantitative estimate of drug-likeness (QED) is 0.681. The lowest BCUT2D eigenvalue weighted by atomic mass is 10.2. The molecule has 0 saturated heterocycles. The number of hydrogen-bond acceptors (Lipinski definition) is 5. The van der Waals surface area contributed by atoms with Gasteiger partial charge in [-0.3, -0.25) is 9.59 Å². The molecule has 0 fully saturated rings. The van der Waals surface area contributed by atoms with Crippen molar-refractivity contribution in [3.63, 3.8) is 0 Å². The van der Waals surface area contributed by atoms with E-state index in [4.69, 9.17) is 9.47 Å². The molecule has 1 aromatic heterocycles. The van der Waals surface area contributed by atoms with Gasteiger partial charge in [0.05, 0.1) is 25.1 Å². The summed E-state index contributed by atoms with van der Waals surface area (Å²) in [6.07, 6.45) is 1.10. The third kappa shape index (κ3) is 3.80. The first-order valence-electron chi connectivity index (χ1n) is 8.57. The maximum atomic E-state index is 12.8. The van der Waals surface area contributed by atoms with Gasteiger partial charge in [0.15, 0.2) is 0 Å². The number of nitrogens with zero attached hydrogens (tertiary/aromatic N) is 1. The van der Waals surface area contributed by atoms with E-state index in [1.807, 2.05) is 6.92 Å². The molecule has 144 valence electrons. The average molecular weight is 381 g/mol. The number of aromatic nitrogens is 2. The maximum Gasteiger partial charge on any atom is 0.333 e. The monoisotopic (exact) mass is 381 g/mol. The molecule has 0 atom stereocenters. The van der Waals surface area contributed by atoms with E-state index in [-0.39, 0.29) is 5.56 Å². The van der Waals surface area contributed by atoms with Crippen LogP contribution in [0.1, 0.15) is 17.3 Å². The molecule has 0 aliphatic carbocycles. The van der Waals surface area contributed by atoms with Gasteiger partial charge in [-0.25, -0.2) is 9.36 Å². The Morgan fingerprint density at radius 3 is 2.50 bits per heavy atom. The van der Waals surface area contributed by atoms with Crippen LogP contribution in [0.2, 0.25) is 0 Å². The first-order valence-corrected chi connectivity index (χ1v) is 8.57. The van der Waals surface area contributed by atoms with Gasteiger partial charge in [0.1, 0.15) is 17.1 Å². The highest BCUT2D eigenvalue weighted by Crippen LogP contribution is 2.24. The molecule has 2 N–H and O–H groups in total. The number of H-pyrrole nitrogens is 1. The van der Waals surface area contributed by atoms with Crippen molar-refractivity contribution in [3.8, 4) is 17.2 Å². The van der Waals surface area contributed by atoms with Crippen LogP contribution >= 0.6 is 0 Å². The Bertz CT molecular complexity index is 1100. The van der Waals surface area contributed by atoms with Gasteiger partial charge in [-0.2, -0.15) is 0 Å². The summed E-state index contributed by atoms with van der Waals surface area (Å²) in [4.78, 5) is 40.1. The Balaban J connectivity index is 1.98. The Hall–Kier alpha value is -3.81. The number of rotatable bonds is 6. The van der Waals surface area contributed by atoms with E-state index in [0.717, 1.165) is 10.8 Å². The van der Waals surface area contributed by atoms with E-state index in [0.29, 0.717) is 29.5 Å². The van der Waals surface area contributed by atoms with Crippen molar-refractivity contribution < 1.29 is 14.3 Å². The summed E-state index contributed by atoms with van der Waals surface area (Å²) in [7, 11) is 1.51. The number of carbonyl (C=O) groups excluding carboxylic acids is 1. The molecule has 8 heteroatoms. The van der Waals surface area contributed by atoms with Crippen LogP contribution in [0.5, 0.6) is 11.5 Å². The molecule has 0 unspecified atom stereocenters. The molecule has 0 aliphatic heterocycles. The third-order valence-corrected chi connectivity index (χ3v) is 3.99. The summed E-state index contributed by atoms with van der Waals surface area (Å²) in [6.45, 7) is 2.25. The largest absolute Gasteiger partial charge is 0.497 e. The average Bonchev–Trinajstić information content (AvgIpc) is 2.70. The van der Waals surface area contributed by atoms with Crippen LogP contribution in [0.25, 0.3) is 5.69 Å². The number of nitrogens with one attached hydrogen (secondary N) is 2. The minimum atomic E-state index is -0.736. The number of para-hydroxylation sites is 2. The Morgan fingerprint density at radius 1 is 1.11 bits per heavy atom. The highest BCUT2D eigenvalue weighted by Gasteiger charge is 2.17. The molecule has 2 aromatic carbocycles. The number of methoxy groups -OCH3 is 1. The topological polar surface area (TPSA) is 102 Å². The van der Waals surface area contributed by atoms with Crippen molar-refractivity contribution in [2.45, 2.75) is 6.92 Å². The summed E-state index contributed by atoms with van der Waals surface area (Å²) >= 11 is 0. The number of ether oxygens (including phenoxy) is 2. The second-order valence-electron chi connectivity index (χ2n) is 5.73. The van der Waals surface area contributed by atoms with Gasteiger partial charge in [0.2, 0.25) is 0 Å². The predicted octanol–water partition coefficient (Wildman–Crippen LogP) is 2.19. The van der Waals surface area contributed by atoms with Crippen LogP contribution in [0.4, 0.5) is 5.69 Å². The maximum absolute atomic E-state index is 12.8. The summed E-state index contributed by atoms with van der Waals surface area (Å²) in [6, 6.07) is 13.2. The molecule has 0 spiro atoms. The van der Waals surface area contributed by atoms with Crippen molar-refractivity contribution in [2.24, 2.45) is 0 Å². The Kier molecular flexibility index (Phi) is 5.59. The molecule has 0 bridgehead atoms. The number of anilines is 1. The zero-order valence-electron chi connectivity index (χ0n) is 15.4. The lowest BCUT2D eigenvalue weighted by molar-refractivity contribution is 0.102. The van der Waals surface area contributed by atoms with E-state index in [1.165, 1.54) is 7.11 Å². The summed E-state index contributed by atoms with van der Waals surface area (Å²) in [5.41, 5.74) is -0.851. The van der Waals surface area contributed by atoms with Gasteiger partial charge in [-0.05, 0) is 43.3 Å². The van der Waals surface area contributed by atoms with Crippen molar-refractivity contribution >= 4 is 11.6 Å². The molecule has 8 nitrogen and oxygen atoms in total. The Morgan fingerprint density at radius 2 is 1.82 bits per heavy atom. The third-order valence-electron chi connectivity index (χ3n) is 3.99. The van der Waals surface area contributed by atoms with Crippen LogP contribution in [-0.4, -0.2) is 29.2 Å². The van der Waals surface area contributed by atoms with Crippen LogP contribution in [0, 0.1) is 0 Å². The highest BCUT2D eigenvalue weighted by molar-refractivity contribution is 6.04. The molecule has 3 aromatic rings. The minimum Gasteiger partial charge on any atom is -0.497 e. The summed E-state index contributed by atoms with van der Waals surface area (Å²) in [5, 5.41) is 2.65. The van der Waals surface area contributed by atoms with Gasteiger partial charge >= 0.3 is 5.69 Å². The highest BCUT2D eigenvalue weighted by atomic mass is 16.5. The van der Waals surface area contributed by atoms with Crippen molar-refractivity contribution in [1.82, 2.24) is 9.55 Å². The molecule has 1 heterocycles. The van der Waals surface area contributed by atoms with E-state index >= 15 is 0 Å². The van der Waals surface area contributed by atoms with Crippen LogP contribution in [0.15, 0.2) is 64.3 Å². The molecular weight excluding hydrogens is 362 g/mol. The smallest absolute Gasteiger partial charge is 0.333 e. The lowest BCUT2D eigenvalue weighted by Gasteiger charge is -2.12. The Labute approximate surface area is 160 Å². The van der Waals surface area contributed by atoms with Crippen molar-refractivity contribution in [1.29, 1.82) is 0 Å². The lowest BCUT2D eigenvalue weighted by Crippen LogP contribution is -2.38. The molecule has 0 radical (unpaired) electrons. The van der Waals surface area contributed by atoms with Gasteiger partial charge in [0, 0.05) is 6.20 Å². The molecule has 28 heavy (non-hydrogen) atoms. The molecule has 3 rings (SSSR count). The van der Waals surface area contributed by atoms with Gasteiger partial charge in [0.25, 0.3) is 11.5 Å². The van der Waals surface area contributed by atoms with Crippen LogP contribution < -0.4 is 26.0 Å². The molecule has 1 amide bonds. The first kappa shape index (κ1) is 19.0. The normalized spacial score (nSPS) is 10.4. The van der Waals surface area contributed by atoms with Gasteiger partial charge < -0.3 is 19.8 Å². The predicted molar refractivity (Wildman–Crippen MR) is 105 cm³/mol. The fraction of sp³-hybridized carbons (Fsp3) is 0.150. The summed E-state index contributed by atoms with van der Waals surface area (Å²) < 4.78 is 11.4. The van der Waals surface area contributed by atoms with Crippen LogP contribution in [0.3, 0.4) is 0 Å².